The van der Waals surface area contributed by atoms with Gasteiger partial charge in [-0.1, -0.05) is 0 Å². The molecule has 1 rings (SSSR count). The van der Waals surface area contributed by atoms with Gasteiger partial charge < -0.3 is 23.7 Å². The normalized spacial score (nSPS) is 5.71. The summed E-state index contributed by atoms with van der Waals surface area (Å²) >= 11 is 1.59. The first-order chi connectivity index (χ1) is 2.50. The van der Waals surface area contributed by atoms with Gasteiger partial charge in [0.2, 0.25) is 0 Å². The molecule has 0 radical (unpaired) electrons. The molecule has 7 heavy (non-hydrogen) atoms. The average molecular weight is 184 g/mol. The van der Waals surface area contributed by atoms with E-state index in [0.29, 0.717) is 0 Å². The molecular weight excluding hydrogens is 181 g/mol. The summed E-state index contributed by atoms with van der Waals surface area (Å²) in [5.41, 5.74) is 0. The molecule has 0 bridgehead atoms. The molecule has 3 heteroatoms. The second-order valence-electron chi connectivity index (χ2n) is 0.731. The third kappa shape index (κ3) is 4.47. The monoisotopic (exact) mass is 182 g/mol. The van der Waals surface area contributed by atoms with Crippen molar-refractivity contribution in [1.82, 2.24) is 0 Å². The van der Waals surface area contributed by atoms with Gasteiger partial charge in [0.25, 0.3) is 0 Å². The Kier molecular flexibility index (Phi) is 9.98. The number of hydrogen-bond acceptors (Lipinski definition) is 1. The van der Waals surface area contributed by atoms with E-state index in [1.165, 1.54) is 0 Å². The standard InChI is InChI=1S/C4H3S.ClH.Zn/c1-2-4-5-3-1;;/h1-3H;1H;/q-1;;+2/p-1. The Morgan fingerprint density at radius 1 is 1.43 bits per heavy atom. The molecule has 0 saturated heterocycles. The van der Waals surface area contributed by atoms with E-state index in [-0.39, 0.29) is 31.9 Å². The fourth-order valence-corrected chi connectivity index (χ4v) is 0.589. The van der Waals surface area contributed by atoms with Crippen LogP contribution in [0.25, 0.3) is 0 Å². The zero-order valence-electron chi connectivity index (χ0n) is 3.73. The molecule has 0 saturated carbocycles. The van der Waals surface area contributed by atoms with Crippen molar-refractivity contribution >= 4 is 11.3 Å². The van der Waals surface area contributed by atoms with Crippen LogP contribution in [0.1, 0.15) is 0 Å². The fraction of sp³-hybridized carbons (Fsp3) is 0. The van der Waals surface area contributed by atoms with E-state index >= 15 is 0 Å². The van der Waals surface area contributed by atoms with Gasteiger partial charge >= 0.3 is 19.5 Å². The van der Waals surface area contributed by atoms with E-state index in [1.807, 2.05) is 17.5 Å². The van der Waals surface area contributed by atoms with Gasteiger partial charge in [-0.05, 0) is 0 Å². The minimum Gasteiger partial charge on any atom is -1.00 e. The molecule has 0 fully saturated rings. The third-order valence-corrected chi connectivity index (χ3v) is 0.944. The Balaban J connectivity index is 0. The molecule has 0 aliphatic heterocycles. The van der Waals surface area contributed by atoms with Crippen molar-refractivity contribution in [1.29, 1.82) is 0 Å². The van der Waals surface area contributed by atoms with Crippen molar-refractivity contribution in [2.45, 2.75) is 0 Å². The Labute approximate surface area is 66.1 Å². The van der Waals surface area contributed by atoms with Crippen LogP contribution in [0.3, 0.4) is 0 Å². The quantitative estimate of drug-likeness (QED) is 0.342. The summed E-state index contributed by atoms with van der Waals surface area (Å²) in [5.74, 6) is 0. The summed E-state index contributed by atoms with van der Waals surface area (Å²) in [7, 11) is 0. The van der Waals surface area contributed by atoms with Crippen molar-refractivity contribution in [2.24, 2.45) is 0 Å². The van der Waals surface area contributed by atoms with Crippen molar-refractivity contribution in [2.75, 3.05) is 0 Å². The maximum atomic E-state index is 2.90. The molecule has 1 heterocycles. The minimum atomic E-state index is 0. The van der Waals surface area contributed by atoms with E-state index in [4.69, 9.17) is 0 Å². The molecule has 0 unspecified atom stereocenters. The van der Waals surface area contributed by atoms with Crippen molar-refractivity contribution < 1.29 is 31.9 Å². The van der Waals surface area contributed by atoms with Crippen LogP contribution in [0.4, 0.5) is 0 Å². The van der Waals surface area contributed by atoms with Crippen molar-refractivity contribution in [3.8, 4) is 0 Å². The van der Waals surface area contributed by atoms with Crippen LogP contribution in [0.2, 0.25) is 0 Å². The number of rotatable bonds is 0. The number of halogens is 1. The minimum absolute atomic E-state index is 0. The predicted octanol–water partition coefficient (Wildman–Crippen LogP) is -1.45. The maximum Gasteiger partial charge on any atom is 2.00 e. The molecular formula is C4H3ClSZn. The summed E-state index contributed by atoms with van der Waals surface area (Å²) in [4.78, 5) is 0. The molecule has 34 valence electrons. The van der Waals surface area contributed by atoms with Gasteiger partial charge in [0.15, 0.2) is 0 Å². The van der Waals surface area contributed by atoms with Crippen LogP contribution in [0, 0.1) is 5.38 Å². The van der Waals surface area contributed by atoms with Gasteiger partial charge in [0.05, 0.1) is 0 Å². The summed E-state index contributed by atoms with van der Waals surface area (Å²) in [5, 5.41) is 4.89. The number of hydrogen-bond donors (Lipinski definition) is 0. The van der Waals surface area contributed by atoms with E-state index in [1.54, 1.807) is 11.3 Å². The topological polar surface area (TPSA) is 0 Å². The Morgan fingerprint density at radius 3 is 2.29 bits per heavy atom. The predicted molar refractivity (Wildman–Crippen MR) is 23.2 cm³/mol. The fourth-order valence-electron chi connectivity index (χ4n) is 0.196. The molecule has 1 aromatic heterocycles. The number of thiophene rings is 1. The van der Waals surface area contributed by atoms with Crippen molar-refractivity contribution in [3.05, 3.63) is 22.9 Å². The summed E-state index contributed by atoms with van der Waals surface area (Å²) in [6.07, 6.45) is 0. The van der Waals surface area contributed by atoms with Gasteiger partial charge in [-0.3, -0.25) is 0 Å². The summed E-state index contributed by atoms with van der Waals surface area (Å²) in [6.45, 7) is 0. The van der Waals surface area contributed by atoms with Gasteiger partial charge in [0.1, 0.15) is 0 Å². The second-order valence-corrected chi connectivity index (χ2v) is 1.47. The molecule has 0 aromatic carbocycles. The van der Waals surface area contributed by atoms with Gasteiger partial charge in [-0.2, -0.15) is 11.4 Å². The van der Waals surface area contributed by atoms with Crippen LogP contribution in [-0.4, -0.2) is 0 Å². The molecule has 0 spiro atoms. The molecule has 0 aliphatic carbocycles. The van der Waals surface area contributed by atoms with Gasteiger partial charge in [-0.25, -0.2) is 6.07 Å². The molecule has 0 N–H and O–H groups in total. The van der Waals surface area contributed by atoms with Crippen molar-refractivity contribution in [3.63, 3.8) is 0 Å². The maximum absolute atomic E-state index is 2.90. The molecule has 0 atom stereocenters. The molecule has 0 aliphatic rings. The molecule has 0 nitrogen and oxygen atoms in total. The van der Waals surface area contributed by atoms with Crippen LogP contribution >= 0.6 is 11.3 Å². The smallest absolute Gasteiger partial charge is 1.00 e. The Morgan fingerprint density at radius 2 is 2.14 bits per heavy atom. The largest absolute Gasteiger partial charge is 2.00 e. The van der Waals surface area contributed by atoms with Gasteiger partial charge in [0, 0.05) is 0 Å². The SMILES string of the molecule is [Cl-].[Zn+2].[c-]1cccs1. The second kappa shape index (κ2) is 6.61. The van der Waals surface area contributed by atoms with Crippen LogP contribution in [-0.2, 0) is 19.5 Å². The first-order valence-corrected chi connectivity index (χ1v) is 2.27. The van der Waals surface area contributed by atoms with E-state index in [0.717, 1.165) is 0 Å². The van der Waals surface area contributed by atoms with Gasteiger partial charge in [-0.15, -0.1) is 5.38 Å². The van der Waals surface area contributed by atoms with Crippen LogP contribution in [0.5, 0.6) is 0 Å². The molecule has 0 amide bonds. The average Bonchev–Trinajstić information content (AvgIpc) is 1.76. The Bertz CT molecular complexity index is 68.2. The Hall–Kier alpha value is 0.613. The van der Waals surface area contributed by atoms with E-state index < -0.39 is 0 Å². The summed E-state index contributed by atoms with van der Waals surface area (Å²) in [6, 6.07) is 3.86. The van der Waals surface area contributed by atoms with Crippen LogP contribution < -0.4 is 12.4 Å². The van der Waals surface area contributed by atoms with Crippen LogP contribution in [0.15, 0.2) is 17.5 Å². The van der Waals surface area contributed by atoms with E-state index in [2.05, 4.69) is 5.38 Å². The first-order valence-electron chi connectivity index (χ1n) is 1.40. The summed E-state index contributed by atoms with van der Waals surface area (Å²) < 4.78 is 0. The third-order valence-electron chi connectivity index (χ3n) is 0.379. The zero-order chi connectivity index (χ0) is 3.54. The first kappa shape index (κ1) is 10.6. The zero-order valence-corrected chi connectivity index (χ0v) is 8.26. The molecule has 1 aromatic rings. The van der Waals surface area contributed by atoms with E-state index in [9.17, 15) is 0 Å².